The molecule has 158 valence electrons. The van der Waals surface area contributed by atoms with Crippen LogP contribution in [0.1, 0.15) is 35.6 Å². The topological polar surface area (TPSA) is 30.5 Å². The second kappa shape index (κ2) is 11.1. The maximum atomic E-state index is 6.53. The second-order valence-corrected chi connectivity index (χ2v) is 8.10. The van der Waals surface area contributed by atoms with E-state index in [1.54, 1.807) is 7.11 Å². The van der Waals surface area contributed by atoms with E-state index >= 15 is 0 Å². The Morgan fingerprint density at radius 2 is 1.70 bits per heavy atom. The lowest BCUT2D eigenvalue weighted by Gasteiger charge is -2.17. The molecule has 1 N–H and O–H groups in total. The standard InChI is InChI=1S/C26H30ClNO2/c1-19-8-7-11-22(14-19)18-30-26-24(27)15-23(16-25(26)29-3)17-28-20(2)12-13-21-9-5-4-6-10-21/h4-11,14-16,20,28H,12-13,17-18H2,1-3H3/t20-/m0/s1. The van der Waals surface area contributed by atoms with Crippen LogP contribution in [0.2, 0.25) is 5.02 Å². The number of halogens is 1. The lowest BCUT2D eigenvalue weighted by atomic mass is 10.1. The van der Waals surface area contributed by atoms with E-state index < -0.39 is 0 Å². The number of rotatable bonds is 10. The van der Waals surface area contributed by atoms with E-state index in [1.165, 1.54) is 11.1 Å². The maximum Gasteiger partial charge on any atom is 0.180 e. The van der Waals surface area contributed by atoms with Crippen LogP contribution in [0.3, 0.4) is 0 Å². The molecule has 1 atom stereocenters. The van der Waals surface area contributed by atoms with Gasteiger partial charge < -0.3 is 14.8 Å². The minimum absolute atomic E-state index is 0.396. The van der Waals surface area contributed by atoms with E-state index in [2.05, 4.69) is 61.6 Å². The number of hydrogen-bond donors (Lipinski definition) is 1. The van der Waals surface area contributed by atoms with Gasteiger partial charge in [0, 0.05) is 12.6 Å². The average molecular weight is 424 g/mol. The predicted molar refractivity (Wildman–Crippen MR) is 125 cm³/mol. The van der Waals surface area contributed by atoms with E-state index in [0.717, 1.165) is 30.5 Å². The lowest BCUT2D eigenvalue weighted by Crippen LogP contribution is -2.26. The van der Waals surface area contributed by atoms with Crippen molar-refractivity contribution in [2.24, 2.45) is 0 Å². The van der Waals surface area contributed by atoms with Gasteiger partial charge in [0.25, 0.3) is 0 Å². The van der Waals surface area contributed by atoms with Crippen LogP contribution in [-0.4, -0.2) is 13.2 Å². The fraction of sp³-hybridized carbons (Fsp3) is 0.308. The van der Waals surface area contributed by atoms with Gasteiger partial charge in [0.1, 0.15) is 6.61 Å². The van der Waals surface area contributed by atoms with Crippen LogP contribution < -0.4 is 14.8 Å². The van der Waals surface area contributed by atoms with Crippen molar-refractivity contribution >= 4 is 11.6 Å². The molecule has 0 fully saturated rings. The molecule has 4 heteroatoms. The van der Waals surface area contributed by atoms with Crippen LogP contribution in [0, 0.1) is 6.92 Å². The van der Waals surface area contributed by atoms with Crippen molar-refractivity contribution in [2.75, 3.05) is 7.11 Å². The molecule has 0 spiro atoms. The summed E-state index contributed by atoms with van der Waals surface area (Å²) in [5, 5.41) is 4.14. The van der Waals surface area contributed by atoms with Crippen molar-refractivity contribution in [1.29, 1.82) is 0 Å². The van der Waals surface area contributed by atoms with Crippen molar-refractivity contribution in [3.63, 3.8) is 0 Å². The summed E-state index contributed by atoms with van der Waals surface area (Å²) in [6.07, 6.45) is 2.14. The molecule has 30 heavy (non-hydrogen) atoms. The molecule has 0 aromatic heterocycles. The largest absolute Gasteiger partial charge is 0.493 e. The molecule has 3 rings (SSSR count). The third-order valence-electron chi connectivity index (χ3n) is 5.12. The first-order chi connectivity index (χ1) is 14.5. The molecule has 0 saturated heterocycles. The van der Waals surface area contributed by atoms with Gasteiger partial charge in [0.2, 0.25) is 0 Å². The monoisotopic (exact) mass is 423 g/mol. The van der Waals surface area contributed by atoms with Crippen molar-refractivity contribution in [1.82, 2.24) is 5.32 Å². The van der Waals surface area contributed by atoms with Crippen molar-refractivity contribution in [3.8, 4) is 11.5 Å². The molecule has 0 aliphatic carbocycles. The van der Waals surface area contributed by atoms with Crippen LogP contribution in [-0.2, 0) is 19.6 Å². The minimum Gasteiger partial charge on any atom is -0.493 e. The Morgan fingerprint density at radius 3 is 2.43 bits per heavy atom. The molecule has 0 saturated carbocycles. The highest BCUT2D eigenvalue weighted by Gasteiger charge is 2.13. The summed E-state index contributed by atoms with van der Waals surface area (Å²) in [5.74, 6) is 1.24. The van der Waals surface area contributed by atoms with Gasteiger partial charge in [-0.1, -0.05) is 71.8 Å². The zero-order chi connectivity index (χ0) is 21.3. The molecule has 0 bridgehead atoms. The zero-order valence-corrected chi connectivity index (χ0v) is 18.7. The molecule has 3 nitrogen and oxygen atoms in total. The van der Waals surface area contributed by atoms with Gasteiger partial charge in [-0.25, -0.2) is 0 Å². The smallest absolute Gasteiger partial charge is 0.180 e. The third kappa shape index (κ3) is 6.51. The number of nitrogens with one attached hydrogen (secondary N) is 1. The molecule has 3 aromatic carbocycles. The quantitative estimate of drug-likeness (QED) is 0.412. The van der Waals surface area contributed by atoms with Crippen molar-refractivity contribution < 1.29 is 9.47 Å². The number of benzene rings is 3. The molecule has 0 amide bonds. The number of aryl methyl sites for hydroxylation is 2. The Hall–Kier alpha value is -2.49. The van der Waals surface area contributed by atoms with Gasteiger partial charge in [-0.3, -0.25) is 0 Å². The Morgan fingerprint density at radius 1 is 0.933 bits per heavy atom. The van der Waals surface area contributed by atoms with Crippen LogP contribution in [0.4, 0.5) is 0 Å². The van der Waals surface area contributed by atoms with Crippen LogP contribution in [0.25, 0.3) is 0 Å². The highest BCUT2D eigenvalue weighted by atomic mass is 35.5. The molecule has 0 radical (unpaired) electrons. The Balaban J connectivity index is 1.57. The van der Waals surface area contributed by atoms with Gasteiger partial charge in [0.05, 0.1) is 12.1 Å². The maximum absolute atomic E-state index is 6.53. The summed E-state index contributed by atoms with van der Waals surface area (Å²) in [7, 11) is 1.64. The molecule has 0 heterocycles. The first-order valence-corrected chi connectivity index (χ1v) is 10.7. The van der Waals surface area contributed by atoms with E-state index in [0.29, 0.717) is 29.2 Å². The third-order valence-corrected chi connectivity index (χ3v) is 5.40. The van der Waals surface area contributed by atoms with E-state index in [4.69, 9.17) is 21.1 Å². The number of methoxy groups -OCH3 is 1. The molecule has 0 unspecified atom stereocenters. The summed E-state index contributed by atoms with van der Waals surface area (Å²) < 4.78 is 11.5. The van der Waals surface area contributed by atoms with Gasteiger partial charge in [0.15, 0.2) is 11.5 Å². The predicted octanol–water partition coefficient (Wildman–Crippen LogP) is 6.35. The Labute approximate surface area is 185 Å². The molecule has 0 aliphatic heterocycles. The lowest BCUT2D eigenvalue weighted by molar-refractivity contribution is 0.284. The summed E-state index contributed by atoms with van der Waals surface area (Å²) in [6, 6.07) is 23.2. The summed E-state index contributed by atoms with van der Waals surface area (Å²) in [6.45, 7) is 5.46. The molecular formula is C26H30ClNO2. The first kappa shape index (κ1) is 22.2. The minimum atomic E-state index is 0.396. The molecular weight excluding hydrogens is 394 g/mol. The Bertz CT molecular complexity index is 943. The summed E-state index contributed by atoms with van der Waals surface area (Å²) in [5.41, 5.74) is 4.75. The summed E-state index contributed by atoms with van der Waals surface area (Å²) >= 11 is 6.53. The van der Waals surface area contributed by atoms with Crippen LogP contribution in [0.5, 0.6) is 11.5 Å². The zero-order valence-electron chi connectivity index (χ0n) is 18.0. The van der Waals surface area contributed by atoms with Gasteiger partial charge >= 0.3 is 0 Å². The summed E-state index contributed by atoms with van der Waals surface area (Å²) in [4.78, 5) is 0. The van der Waals surface area contributed by atoms with Crippen LogP contribution in [0.15, 0.2) is 66.7 Å². The van der Waals surface area contributed by atoms with Gasteiger partial charge in [-0.15, -0.1) is 0 Å². The Kier molecular flexibility index (Phi) is 8.18. The molecule has 0 aliphatic rings. The molecule has 3 aromatic rings. The normalized spacial score (nSPS) is 11.9. The first-order valence-electron chi connectivity index (χ1n) is 10.4. The fourth-order valence-corrected chi connectivity index (χ4v) is 3.68. The van der Waals surface area contributed by atoms with E-state index in [9.17, 15) is 0 Å². The highest BCUT2D eigenvalue weighted by Crippen LogP contribution is 2.37. The van der Waals surface area contributed by atoms with Gasteiger partial charge in [-0.2, -0.15) is 0 Å². The fourth-order valence-electron chi connectivity index (χ4n) is 3.39. The van der Waals surface area contributed by atoms with Gasteiger partial charge in [-0.05, 0) is 55.5 Å². The SMILES string of the molecule is COc1cc(CN[C@@H](C)CCc2ccccc2)cc(Cl)c1OCc1cccc(C)c1. The highest BCUT2D eigenvalue weighted by molar-refractivity contribution is 6.32. The second-order valence-electron chi connectivity index (χ2n) is 7.69. The van der Waals surface area contributed by atoms with E-state index in [-0.39, 0.29) is 0 Å². The van der Waals surface area contributed by atoms with E-state index in [1.807, 2.05) is 24.3 Å². The average Bonchev–Trinajstić information content (AvgIpc) is 2.76. The van der Waals surface area contributed by atoms with Crippen molar-refractivity contribution in [2.45, 2.75) is 45.9 Å². The van der Waals surface area contributed by atoms with Crippen LogP contribution >= 0.6 is 11.6 Å². The van der Waals surface area contributed by atoms with Crippen molar-refractivity contribution in [3.05, 3.63) is 94.0 Å². The number of ether oxygens (including phenoxy) is 2. The number of hydrogen-bond acceptors (Lipinski definition) is 3.